The van der Waals surface area contributed by atoms with Gasteiger partial charge in [-0.1, -0.05) is 42.3 Å². The van der Waals surface area contributed by atoms with Gasteiger partial charge in [-0.2, -0.15) is 5.26 Å². The fourth-order valence-corrected chi connectivity index (χ4v) is 8.37. The zero-order chi connectivity index (χ0) is 36.9. The van der Waals surface area contributed by atoms with Crippen molar-refractivity contribution in [3.05, 3.63) is 57.5 Å². The SMILES string of the molecule is COC(=O)N1C[C@@H](F)C[C@@H]1c1cc2c(SC)nc3c(F)c(-c4cccc(Cl)c4Cl)c(CCC#N)cc3c2n1[C@@H]1CN(C(=O)OC(C)(C)C)C[C@H]1C. The van der Waals surface area contributed by atoms with E-state index in [0.717, 1.165) is 0 Å². The standard InChI is InChI=1S/C37H39Cl2F2N5O4S/c1-19-16-44(35(47)50-37(2,3)4)18-28(19)46-27(26-14-21(40)17-45(26)36(48)49-5)15-24-33(46)23-13-20(9-8-12-42)29(22-10-7-11-25(38)30(22)39)31(41)32(23)43-34(24)51-6/h7,10-11,13,15,19,21,26,28H,8-9,14,16-18H2,1-6H3/t19-,21+,26-,28-/m1/s1. The number of halogens is 4. The second-order valence-electron chi connectivity index (χ2n) is 14.1. The average molecular weight is 759 g/mol. The molecule has 2 aliphatic heterocycles. The molecule has 2 aromatic heterocycles. The molecule has 2 amide bonds. The topological polar surface area (TPSA) is 101 Å². The number of carbonyl (C=O) groups excluding carboxylic acids is 2. The largest absolute Gasteiger partial charge is 0.453 e. The quantitative estimate of drug-likeness (QED) is 0.181. The zero-order valence-electron chi connectivity index (χ0n) is 29.2. The van der Waals surface area contributed by atoms with E-state index in [-0.39, 0.29) is 65.4 Å². The van der Waals surface area contributed by atoms with E-state index >= 15 is 8.78 Å². The number of rotatable bonds is 6. The minimum Gasteiger partial charge on any atom is -0.453 e. The lowest BCUT2D eigenvalue weighted by molar-refractivity contribution is 0.0285. The number of aromatic nitrogens is 2. The van der Waals surface area contributed by atoms with Crippen molar-refractivity contribution in [2.75, 3.05) is 33.0 Å². The molecule has 0 aliphatic carbocycles. The highest BCUT2D eigenvalue weighted by atomic mass is 35.5. The van der Waals surface area contributed by atoms with Crippen LogP contribution in [-0.2, 0) is 15.9 Å². The number of pyridine rings is 1. The van der Waals surface area contributed by atoms with Crippen LogP contribution < -0.4 is 0 Å². The summed E-state index contributed by atoms with van der Waals surface area (Å²) in [5.74, 6) is -0.735. The van der Waals surface area contributed by atoms with Gasteiger partial charge >= 0.3 is 12.2 Å². The van der Waals surface area contributed by atoms with Crippen LogP contribution in [0.25, 0.3) is 32.9 Å². The Morgan fingerprint density at radius 1 is 1.14 bits per heavy atom. The molecule has 51 heavy (non-hydrogen) atoms. The third kappa shape index (κ3) is 6.80. The van der Waals surface area contributed by atoms with Crippen molar-refractivity contribution in [2.24, 2.45) is 5.92 Å². The number of aryl methyl sites for hydroxylation is 1. The third-order valence-electron chi connectivity index (χ3n) is 9.56. The Kier molecular flexibility index (Phi) is 10.4. The summed E-state index contributed by atoms with van der Waals surface area (Å²) in [6.07, 6.45) is -0.214. The number of fused-ring (bicyclic) bond motifs is 3. The highest BCUT2D eigenvalue weighted by Crippen LogP contribution is 2.47. The maximum absolute atomic E-state index is 17.2. The fourth-order valence-electron chi connectivity index (χ4n) is 7.42. The van der Waals surface area contributed by atoms with Gasteiger partial charge in [-0.25, -0.2) is 23.4 Å². The highest BCUT2D eigenvalue weighted by molar-refractivity contribution is 7.98. The summed E-state index contributed by atoms with van der Waals surface area (Å²) in [7, 11) is 1.26. The summed E-state index contributed by atoms with van der Waals surface area (Å²) < 4.78 is 45.3. The lowest BCUT2D eigenvalue weighted by atomic mass is 9.93. The number of carbonyl (C=O) groups is 2. The van der Waals surface area contributed by atoms with E-state index in [0.29, 0.717) is 44.7 Å². The molecule has 0 N–H and O–H groups in total. The van der Waals surface area contributed by atoms with Crippen molar-refractivity contribution >= 4 is 69.0 Å². The van der Waals surface area contributed by atoms with Gasteiger partial charge in [0.15, 0.2) is 5.82 Å². The smallest absolute Gasteiger partial charge is 0.410 e. The Bertz CT molecular complexity index is 2080. The Labute approximate surface area is 309 Å². The molecule has 2 aliphatic rings. The van der Waals surface area contributed by atoms with E-state index in [1.165, 1.54) is 23.8 Å². The number of likely N-dealkylation sites (tertiary alicyclic amines) is 2. The molecule has 9 nitrogen and oxygen atoms in total. The Morgan fingerprint density at radius 3 is 2.55 bits per heavy atom. The van der Waals surface area contributed by atoms with Crippen LogP contribution in [0.3, 0.4) is 0 Å². The predicted octanol–water partition coefficient (Wildman–Crippen LogP) is 9.76. The summed E-state index contributed by atoms with van der Waals surface area (Å²) in [5.41, 5.74) is 1.77. The molecule has 2 saturated heterocycles. The number of benzene rings is 2. The van der Waals surface area contributed by atoms with E-state index in [9.17, 15) is 14.9 Å². The van der Waals surface area contributed by atoms with Crippen molar-refractivity contribution < 1.29 is 27.8 Å². The van der Waals surface area contributed by atoms with Crippen molar-refractivity contribution in [1.82, 2.24) is 19.4 Å². The summed E-state index contributed by atoms with van der Waals surface area (Å²) in [5, 5.41) is 11.7. The van der Waals surface area contributed by atoms with Crippen molar-refractivity contribution in [2.45, 2.75) is 75.8 Å². The maximum Gasteiger partial charge on any atom is 0.410 e. The van der Waals surface area contributed by atoms with Gasteiger partial charge in [0, 0.05) is 53.5 Å². The third-order valence-corrected chi connectivity index (χ3v) is 11.1. The van der Waals surface area contributed by atoms with Crippen molar-refractivity contribution in [3.8, 4) is 17.2 Å². The number of alkyl halides is 1. The lowest BCUT2D eigenvalue weighted by Gasteiger charge is -2.29. The zero-order valence-corrected chi connectivity index (χ0v) is 31.6. The van der Waals surface area contributed by atoms with Crippen molar-refractivity contribution in [1.29, 1.82) is 5.26 Å². The number of amides is 2. The summed E-state index contributed by atoms with van der Waals surface area (Å²) in [6.45, 7) is 7.94. The average Bonchev–Trinajstić information content (AvgIpc) is 3.78. The maximum atomic E-state index is 17.2. The van der Waals surface area contributed by atoms with Crippen LogP contribution in [0, 0.1) is 23.1 Å². The van der Waals surface area contributed by atoms with Crippen LogP contribution in [0.15, 0.2) is 35.4 Å². The number of nitrogens with zero attached hydrogens (tertiary/aromatic N) is 5. The normalized spacial score (nSPS) is 20.7. The number of nitriles is 1. The Morgan fingerprint density at radius 2 is 1.88 bits per heavy atom. The fraction of sp³-hybridized carbons (Fsp3) is 0.459. The first-order valence-electron chi connectivity index (χ1n) is 16.7. The summed E-state index contributed by atoms with van der Waals surface area (Å²) in [6, 6.07) is 9.83. The van der Waals surface area contributed by atoms with Gasteiger partial charge in [0.2, 0.25) is 0 Å². The molecule has 0 unspecified atom stereocenters. The summed E-state index contributed by atoms with van der Waals surface area (Å²) >= 11 is 14.4. The molecule has 4 atom stereocenters. The minimum absolute atomic E-state index is 0.0292. The molecule has 6 rings (SSSR count). The van der Waals surface area contributed by atoms with Crippen molar-refractivity contribution in [3.63, 3.8) is 0 Å². The van der Waals surface area contributed by atoms with Gasteiger partial charge in [-0.15, -0.1) is 11.8 Å². The Hall–Kier alpha value is -3.79. The molecule has 0 saturated carbocycles. The molecule has 0 radical (unpaired) electrons. The van der Waals surface area contributed by atoms with Crippen LogP contribution >= 0.6 is 35.0 Å². The van der Waals surface area contributed by atoms with E-state index in [2.05, 4.69) is 6.07 Å². The molecule has 4 heterocycles. The highest BCUT2D eigenvalue weighted by Gasteiger charge is 2.43. The van der Waals surface area contributed by atoms with E-state index in [1.807, 2.05) is 29.9 Å². The van der Waals surface area contributed by atoms with Gasteiger partial charge in [0.25, 0.3) is 0 Å². The first kappa shape index (κ1) is 37.0. The van der Waals surface area contributed by atoms with Crippen LogP contribution in [0.4, 0.5) is 18.4 Å². The number of hydrogen-bond donors (Lipinski definition) is 0. The van der Waals surface area contributed by atoms with E-state index in [1.54, 1.807) is 43.9 Å². The molecule has 270 valence electrons. The van der Waals surface area contributed by atoms with Gasteiger partial charge in [0.05, 0.1) is 47.4 Å². The number of ether oxygens (including phenoxy) is 2. The monoisotopic (exact) mass is 757 g/mol. The first-order chi connectivity index (χ1) is 24.2. The van der Waals surface area contributed by atoms with Gasteiger partial charge in [-0.3, -0.25) is 4.90 Å². The van der Waals surface area contributed by atoms with Gasteiger partial charge in [0.1, 0.15) is 22.3 Å². The molecule has 2 fully saturated rings. The van der Waals surface area contributed by atoms with Crippen LogP contribution in [0.2, 0.25) is 10.0 Å². The Balaban J connectivity index is 1.68. The predicted molar refractivity (Wildman–Crippen MR) is 196 cm³/mol. The van der Waals surface area contributed by atoms with Crippen LogP contribution in [0.5, 0.6) is 0 Å². The van der Waals surface area contributed by atoms with Gasteiger partial charge in [-0.05, 0) is 63.1 Å². The minimum atomic E-state index is -1.30. The lowest BCUT2D eigenvalue weighted by Crippen LogP contribution is -2.36. The number of methoxy groups -OCH3 is 1. The second-order valence-corrected chi connectivity index (χ2v) is 15.7. The molecule has 2 aromatic carbocycles. The molecule has 14 heteroatoms. The number of hydrogen-bond acceptors (Lipinski definition) is 7. The molecular weight excluding hydrogens is 719 g/mol. The first-order valence-corrected chi connectivity index (χ1v) is 18.7. The van der Waals surface area contributed by atoms with Crippen LogP contribution in [-0.4, -0.2) is 76.3 Å². The van der Waals surface area contributed by atoms with Crippen LogP contribution in [0.1, 0.15) is 63.9 Å². The molecule has 4 aromatic rings. The molecular formula is C37H39Cl2F2N5O4S. The molecule has 0 bridgehead atoms. The second kappa shape index (κ2) is 14.3. The van der Waals surface area contributed by atoms with Gasteiger partial charge < -0.3 is 18.9 Å². The molecule has 0 spiro atoms. The summed E-state index contributed by atoms with van der Waals surface area (Å²) in [4.78, 5) is 34.2. The van der Waals surface area contributed by atoms with E-state index in [4.69, 9.17) is 37.7 Å². The van der Waals surface area contributed by atoms with E-state index < -0.39 is 35.8 Å². The number of thioether (sulfide) groups is 1.